The molecule has 5 N–H and O–H groups in total. The van der Waals surface area contributed by atoms with E-state index < -0.39 is 37.3 Å². The van der Waals surface area contributed by atoms with Crippen LogP contribution in [0.25, 0.3) is 10.9 Å². The number of benzene rings is 1. The molecule has 0 aliphatic carbocycles. The van der Waals surface area contributed by atoms with Gasteiger partial charge in [0.15, 0.2) is 0 Å². The van der Waals surface area contributed by atoms with Gasteiger partial charge in [-0.3, -0.25) is 0 Å². The van der Waals surface area contributed by atoms with Crippen molar-refractivity contribution in [2.24, 2.45) is 0 Å². The number of hydrogen-bond acceptors (Lipinski definition) is 6. The van der Waals surface area contributed by atoms with Crippen LogP contribution in [0.5, 0.6) is 5.75 Å². The molecule has 0 bridgehead atoms. The van der Waals surface area contributed by atoms with Crippen LogP contribution in [0.3, 0.4) is 0 Å². The third kappa shape index (κ3) is 3.08. The molecule has 1 saturated heterocycles. The van der Waals surface area contributed by atoms with Crippen molar-refractivity contribution in [3.8, 4) is 5.75 Å². The van der Waals surface area contributed by atoms with E-state index in [1.807, 2.05) is 0 Å². The van der Waals surface area contributed by atoms with Crippen LogP contribution in [0, 0.1) is 0 Å². The van der Waals surface area contributed by atoms with Gasteiger partial charge in [-0.2, -0.15) is 0 Å². The second kappa shape index (κ2) is 6.56. The zero-order valence-electron chi connectivity index (χ0n) is 11.7. The molecule has 1 aromatic heterocycles. The highest BCUT2D eigenvalue weighted by atomic mass is 79.9. The number of H-pyrrole nitrogens is 1. The number of aliphatic hydroxyl groups excluding tert-OH is 4. The van der Waals surface area contributed by atoms with E-state index in [0.29, 0.717) is 20.6 Å². The Labute approximate surface area is 144 Å². The van der Waals surface area contributed by atoms with E-state index in [0.717, 1.165) is 5.52 Å². The second-order valence-corrected chi connectivity index (χ2v) is 6.54. The first-order valence-corrected chi connectivity index (χ1v) is 8.02. The molecule has 2 heterocycles. The summed E-state index contributed by atoms with van der Waals surface area (Å²) in [5.74, 6) is 0.377. The SMILES string of the molecule is OC[C@H]1O[C@H](Oc2c[nH]c3cc(Cl)c(Br)cc23)[C@H](O)[C@@H](O)[C@H]1O. The van der Waals surface area contributed by atoms with Crippen molar-refractivity contribution in [3.63, 3.8) is 0 Å². The molecule has 1 aromatic carbocycles. The van der Waals surface area contributed by atoms with Crippen molar-refractivity contribution < 1.29 is 29.9 Å². The lowest BCUT2D eigenvalue weighted by molar-refractivity contribution is -0.277. The van der Waals surface area contributed by atoms with E-state index in [1.165, 1.54) is 0 Å². The monoisotopic (exact) mass is 407 g/mol. The van der Waals surface area contributed by atoms with Crippen LogP contribution >= 0.6 is 27.5 Å². The minimum Gasteiger partial charge on any atom is -0.460 e. The lowest BCUT2D eigenvalue weighted by Crippen LogP contribution is -2.60. The van der Waals surface area contributed by atoms with E-state index in [4.69, 9.17) is 21.1 Å². The second-order valence-electron chi connectivity index (χ2n) is 5.28. The van der Waals surface area contributed by atoms with Crippen LogP contribution in [-0.2, 0) is 4.74 Å². The van der Waals surface area contributed by atoms with E-state index in [1.54, 1.807) is 18.3 Å². The molecule has 1 fully saturated rings. The number of halogens is 2. The molecule has 3 rings (SSSR count). The molecule has 9 heteroatoms. The number of aliphatic hydroxyl groups is 4. The molecule has 0 radical (unpaired) electrons. The minimum atomic E-state index is -1.49. The maximum absolute atomic E-state index is 10.0. The van der Waals surface area contributed by atoms with Gasteiger partial charge in [-0.25, -0.2) is 0 Å². The van der Waals surface area contributed by atoms with Crippen molar-refractivity contribution in [3.05, 3.63) is 27.8 Å². The molecule has 126 valence electrons. The van der Waals surface area contributed by atoms with Gasteiger partial charge in [0.25, 0.3) is 0 Å². The van der Waals surface area contributed by atoms with Gasteiger partial charge in [-0.1, -0.05) is 11.6 Å². The van der Waals surface area contributed by atoms with Crippen LogP contribution in [0.4, 0.5) is 0 Å². The number of aromatic nitrogens is 1. The molecule has 0 unspecified atom stereocenters. The molecule has 0 saturated carbocycles. The lowest BCUT2D eigenvalue weighted by atomic mass is 9.99. The molecule has 0 spiro atoms. The van der Waals surface area contributed by atoms with Gasteiger partial charge < -0.3 is 34.9 Å². The maximum Gasteiger partial charge on any atom is 0.229 e. The Bertz CT molecular complexity index is 708. The van der Waals surface area contributed by atoms with E-state index in [9.17, 15) is 20.4 Å². The minimum absolute atomic E-state index is 0.377. The van der Waals surface area contributed by atoms with Crippen LogP contribution < -0.4 is 4.74 Å². The standard InChI is InChI=1S/C14H15BrClNO6/c15-6-1-5-8(2-7(6)16)17-3-9(5)22-14-13(21)12(20)11(19)10(4-18)23-14/h1-3,10-14,17-21H,4H2/t10-,11+,12+,13-,14+/m1/s1. The predicted octanol–water partition coefficient (Wildman–Crippen LogP) is 0.762. The zero-order chi connectivity index (χ0) is 16.7. The Morgan fingerprint density at radius 1 is 1.22 bits per heavy atom. The van der Waals surface area contributed by atoms with E-state index >= 15 is 0 Å². The predicted molar refractivity (Wildman–Crippen MR) is 85.4 cm³/mol. The molecule has 0 amide bonds. The lowest BCUT2D eigenvalue weighted by Gasteiger charge is -2.39. The average molecular weight is 409 g/mol. The van der Waals surface area contributed by atoms with Crippen molar-refractivity contribution in [1.29, 1.82) is 0 Å². The molecule has 1 aliphatic heterocycles. The highest BCUT2D eigenvalue weighted by molar-refractivity contribution is 9.10. The van der Waals surface area contributed by atoms with Gasteiger partial charge in [-0.05, 0) is 28.1 Å². The van der Waals surface area contributed by atoms with Crippen LogP contribution in [0.15, 0.2) is 22.8 Å². The summed E-state index contributed by atoms with van der Waals surface area (Å²) >= 11 is 9.35. The fourth-order valence-corrected chi connectivity index (χ4v) is 2.99. The Kier molecular flexibility index (Phi) is 4.84. The fraction of sp³-hybridized carbons (Fsp3) is 0.429. The molecular formula is C14H15BrClNO6. The van der Waals surface area contributed by atoms with Gasteiger partial charge in [0.05, 0.1) is 17.1 Å². The van der Waals surface area contributed by atoms with E-state index in [-0.39, 0.29) is 0 Å². The first-order valence-electron chi connectivity index (χ1n) is 6.85. The number of nitrogens with one attached hydrogen (secondary N) is 1. The Morgan fingerprint density at radius 2 is 1.96 bits per heavy atom. The Morgan fingerprint density at radius 3 is 2.65 bits per heavy atom. The summed E-state index contributed by atoms with van der Waals surface area (Å²) in [7, 11) is 0. The highest BCUT2D eigenvalue weighted by Crippen LogP contribution is 2.34. The average Bonchev–Trinajstić information content (AvgIpc) is 2.90. The number of fused-ring (bicyclic) bond motifs is 1. The summed E-state index contributed by atoms with van der Waals surface area (Å²) in [4.78, 5) is 2.98. The molecule has 1 aliphatic rings. The van der Waals surface area contributed by atoms with Crippen LogP contribution in [-0.4, -0.2) is 62.7 Å². The topological polar surface area (TPSA) is 115 Å². The molecule has 2 aromatic rings. The van der Waals surface area contributed by atoms with Gasteiger partial charge >= 0.3 is 0 Å². The van der Waals surface area contributed by atoms with Crippen LogP contribution in [0.1, 0.15) is 0 Å². The van der Waals surface area contributed by atoms with E-state index in [2.05, 4.69) is 20.9 Å². The number of aromatic amines is 1. The molecule has 7 nitrogen and oxygen atoms in total. The maximum atomic E-state index is 10.0. The quantitative estimate of drug-likeness (QED) is 0.512. The summed E-state index contributed by atoms with van der Waals surface area (Å²) in [5.41, 5.74) is 0.720. The van der Waals surface area contributed by atoms with Crippen molar-refractivity contribution in [1.82, 2.24) is 4.98 Å². The number of hydrogen-bond donors (Lipinski definition) is 5. The highest BCUT2D eigenvalue weighted by Gasteiger charge is 2.44. The number of rotatable bonds is 3. The van der Waals surface area contributed by atoms with Crippen molar-refractivity contribution in [2.45, 2.75) is 30.7 Å². The smallest absolute Gasteiger partial charge is 0.229 e. The Hall–Kier alpha value is -0.870. The number of ether oxygens (including phenoxy) is 2. The van der Waals surface area contributed by atoms with Gasteiger partial charge in [0.2, 0.25) is 6.29 Å². The van der Waals surface area contributed by atoms with Crippen molar-refractivity contribution >= 4 is 38.4 Å². The zero-order valence-corrected chi connectivity index (χ0v) is 14.0. The van der Waals surface area contributed by atoms with Gasteiger partial charge in [0, 0.05) is 16.1 Å². The first-order chi connectivity index (χ1) is 10.9. The van der Waals surface area contributed by atoms with Crippen LogP contribution in [0.2, 0.25) is 5.02 Å². The summed E-state index contributed by atoms with van der Waals surface area (Å²) < 4.78 is 11.6. The molecule has 5 atom stereocenters. The molecule has 23 heavy (non-hydrogen) atoms. The summed E-state index contributed by atoms with van der Waals surface area (Å²) in [6, 6.07) is 3.45. The normalized spacial score (nSPS) is 31.5. The third-order valence-corrected chi connectivity index (χ3v) is 4.97. The third-order valence-electron chi connectivity index (χ3n) is 3.78. The molecular weight excluding hydrogens is 394 g/mol. The summed E-state index contributed by atoms with van der Waals surface area (Å²) in [6.45, 7) is -0.514. The van der Waals surface area contributed by atoms with Gasteiger partial charge in [-0.15, -0.1) is 0 Å². The summed E-state index contributed by atoms with van der Waals surface area (Å²) in [5, 5.41) is 40.0. The van der Waals surface area contributed by atoms with Crippen molar-refractivity contribution in [2.75, 3.05) is 6.61 Å². The first kappa shape index (κ1) is 17.0. The van der Waals surface area contributed by atoms with Gasteiger partial charge in [0.1, 0.15) is 30.2 Å². The largest absolute Gasteiger partial charge is 0.460 e. The summed E-state index contributed by atoms with van der Waals surface area (Å²) in [6.07, 6.45) is -5.07. The fourth-order valence-electron chi connectivity index (χ4n) is 2.48. The Balaban J connectivity index is 1.88.